The summed E-state index contributed by atoms with van der Waals surface area (Å²) in [5.74, 6) is -0.313. The summed E-state index contributed by atoms with van der Waals surface area (Å²) < 4.78 is 15.0. The highest BCUT2D eigenvalue weighted by Crippen LogP contribution is 2.23. The molecule has 0 unspecified atom stereocenters. The summed E-state index contributed by atoms with van der Waals surface area (Å²) in [4.78, 5) is 12.4. The Balaban J connectivity index is 1.69. The van der Waals surface area contributed by atoms with Crippen LogP contribution in [-0.4, -0.2) is 10.5 Å². The van der Waals surface area contributed by atoms with Gasteiger partial charge in [-0.25, -0.2) is 4.39 Å². The number of carbonyl (C=O) groups excluding carboxylic acids is 1. The van der Waals surface area contributed by atoms with Gasteiger partial charge in [-0.2, -0.15) is 0 Å². The van der Waals surface area contributed by atoms with Crippen molar-refractivity contribution in [1.82, 2.24) is 9.88 Å². The van der Waals surface area contributed by atoms with Gasteiger partial charge in [0, 0.05) is 18.9 Å². The van der Waals surface area contributed by atoms with Crippen molar-refractivity contribution in [2.75, 3.05) is 0 Å². The van der Waals surface area contributed by atoms with Crippen molar-refractivity contribution in [2.24, 2.45) is 0 Å². The summed E-state index contributed by atoms with van der Waals surface area (Å²) in [6.45, 7) is 2.44. The van der Waals surface area contributed by atoms with E-state index in [9.17, 15) is 9.18 Å². The zero-order valence-corrected chi connectivity index (χ0v) is 14.2. The summed E-state index contributed by atoms with van der Waals surface area (Å²) in [6.07, 6.45) is 4.29. The maximum absolute atomic E-state index is 12.9. The van der Waals surface area contributed by atoms with Gasteiger partial charge in [-0.3, -0.25) is 4.79 Å². The lowest BCUT2D eigenvalue weighted by Gasteiger charge is -2.20. The van der Waals surface area contributed by atoms with Crippen LogP contribution in [0.2, 0.25) is 0 Å². The van der Waals surface area contributed by atoms with E-state index in [1.165, 1.54) is 17.7 Å². The summed E-state index contributed by atoms with van der Waals surface area (Å²) >= 11 is 0. The minimum Gasteiger partial charge on any atom is -0.352 e. The first kappa shape index (κ1) is 17.0. The highest BCUT2D eigenvalue weighted by atomic mass is 19.1. The Kier molecular flexibility index (Phi) is 5.29. The molecule has 3 rings (SSSR count). The molecule has 0 bridgehead atoms. The minimum absolute atomic E-state index is 0.0375. The predicted octanol–water partition coefficient (Wildman–Crippen LogP) is 4.23. The Morgan fingerprint density at radius 3 is 2.48 bits per heavy atom. The molecule has 0 aliphatic carbocycles. The van der Waals surface area contributed by atoms with Crippen LogP contribution in [0.5, 0.6) is 0 Å². The molecule has 2 aromatic carbocycles. The van der Waals surface area contributed by atoms with Crippen LogP contribution in [0.1, 0.15) is 29.2 Å². The topological polar surface area (TPSA) is 34.0 Å². The van der Waals surface area contributed by atoms with E-state index in [1.54, 1.807) is 12.1 Å². The average molecular weight is 336 g/mol. The molecule has 3 aromatic rings. The number of carbonyl (C=O) groups is 1. The molecule has 1 aromatic heterocycles. The van der Waals surface area contributed by atoms with Crippen LogP contribution in [0.3, 0.4) is 0 Å². The fourth-order valence-corrected chi connectivity index (χ4v) is 2.88. The van der Waals surface area contributed by atoms with E-state index >= 15 is 0 Å². The first-order valence-electron chi connectivity index (χ1n) is 8.32. The molecule has 25 heavy (non-hydrogen) atoms. The largest absolute Gasteiger partial charge is 0.352 e. The third-order valence-corrected chi connectivity index (χ3v) is 4.20. The number of aromatic nitrogens is 1. The van der Waals surface area contributed by atoms with Gasteiger partial charge in [-0.1, -0.05) is 42.0 Å². The molecule has 1 amide bonds. The Labute approximate surface area is 147 Å². The summed E-state index contributed by atoms with van der Waals surface area (Å²) in [7, 11) is 0. The molecule has 0 aliphatic rings. The zero-order valence-electron chi connectivity index (χ0n) is 14.2. The second-order valence-electron chi connectivity index (χ2n) is 6.17. The summed E-state index contributed by atoms with van der Waals surface area (Å²) in [5, 5.41) is 2.92. The molecule has 1 N–H and O–H groups in total. The third kappa shape index (κ3) is 4.57. The fraction of sp³-hybridized carbons (Fsp3) is 0.190. The Bertz CT molecular complexity index is 825. The lowest BCUT2D eigenvalue weighted by atomic mass is 10.0. The Morgan fingerprint density at radius 2 is 1.80 bits per heavy atom. The number of aryl methyl sites for hydroxylation is 1. The summed E-state index contributed by atoms with van der Waals surface area (Å²) in [5.41, 5.74) is 3.15. The van der Waals surface area contributed by atoms with Gasteiger partial charge in [0.15, 0.2) is 0 Å². The van der Waals surface area contributed by atoms with E-state index in [1.807, 2.05) is 54.2 Å². The minimum atomic E-state index is -0.276. The molecule has 4 heteroatoms. The van der Waals surface area contributed by atoms with Gasteiger partial charge in [0.25, 0.3) is 0 Å². The van der Waals surface area contributed by atoms with Crippen molar-refractivity contribution in [1.29, 1.82) is 0 Å². The molecule has 0 saturated heterocycles. The highest BCUT2D eigenvalue weighted by molar-refractivity contribution is 5.76. The second-order valence-corrected chi connectivity index (χ2v) is 6.17. The Morgan fingerprint density at radius 1 is 1.08 bits per heavy atom. The van der Waals surface area contributed by atoms with Crippen LogP contribution >= 0.6 is 0 Å². The van der Waals surface area contributed by atoms with Crippen molar-refractivity contribution in [3.8, 4) is 0 Å². The van der Waals surface area contributed by atoms with Crippen LogP contribution in [0.25, 0.3) is 0 Å². The molecule has 128 valence electrons. The molecule has 0 aliphatic heterocycles. The smallest absolute Gasteiger partial charge is 0.222 e. The lowest BCUT2D eigenvalue weighted by molar-refractivity contribution is -0.121. The Hall–Kier alpha value is -2.88. The first-order valence-corrected chi connectivity index (χ1v) is 8.32. The van der Waals surface area contributed by atoms with Crippen molar-refractivity contribution >= 4 is 5.91 Å². The van der Waals surface area contributed by atoms with E-state index in [2.05, 4.69) is 11.4 Å². The SMILES string of the molecule is Cc1cccc([C@H](CC(=O)NCc2ccc(F)cc2)n2cccc2)c1. The molecule has 1 atom stereocenters. The molecule has 0 saturated carbocycles. The van der Waals surface area contributed by atoms with Gasteiger partial charge >= 0.3 is 0 Å². The number of rotatable bonds is 6. The predicted molar refractivity (Wildman–Crippen MR) is 96.6 cm³/mol. The number of halogens is 1. The first-order chi connectivity index (χ1) is 12.1. The monoisotopic (exact) mass is 336 g/mol. The quantitative estimate of drug-likeness (QED) is 0.718. The average Bonchev–Trinajstić information content (AvgIpc) is 3.13. The number of nitrogens with one attached hydrogen (secondary N) is 1. The van der Waals surface area contributed by atoms with E-state index in [4.69, 9.17) is 0 Å². The van der Waals surface area contributed by atoms with Gasteiger partial charge in [0.2, 0.25) is 5.91 Å². The highest BCUT2D eigenvalue weighted by Gasteiger charge is 2.17. The van der Waals surface area contributed by atoms with Crippen LogP contribution < -0.4 is 5.32 Å². The van der Waals surface area contributed by atoms with Gasteiger partial charge in [-0.15, -0.1) is 0 Å². The number of amides is 1. The number of nitrogens with zero attached hydrogens (tertiary/aromatic N) is 1. The van der Waals surface area contributed by atoms with E-state index in [-0.39, 0.29) is 17.8 Å². The molecule has 3 nitrogen and oxygen atoms in total. The van der Waals surface area contributed by atoms with Crippen LogP contribution in [0.4, 0.5) is 4.39 Å². The molecular formula is C21H21FN2O. The second kappa shape index (κ2) is 7.79. The maximum Gasteiger partial charge on any atom is 0.222 e. The molecule has 0 spiro atoms. The van der Waals surface area contributed by atoms with Crippen molar-refractivity contribution in [3.05, 3.63) is 95.6 Å². The van der Waals surface area contributed by atoms with Gasteiger partial charge in [0.1, 0.15) is 5.82 Å². The van der Waals surface area contributed by atoms with Gasteiger partial charge in [0.05, 0.1) is 12.5 Å². The molecule has 1 heterocycles. The number of benzene rings is 2. The standard InChI is InChI=1S/C21H21FN2O/c1-16-5-4-6-18(13-16)20(24-11-2-3-12-24)14-21(25)23-15-17-7-9-19(22)10-8-17/h2-13,20H,14-15H2,1H3,(H,23,25)/t20-/m0/s1. The van der Waals surface area contributed by atoms with Crippen molar-refractivity contribution < 1.29 is 9.18 Å². The van der Waals surface area contributed by atoms with Crippen molar-refractivity contribution in [2.45, 2.75) is 25.9 Å². The van der Waals surface area contributed by atoms with E-state index in [0.29, 0.717) is 13.0 Å². The molecule has 0 radical (unpaired) electrons. The van der Waals surface area contributed by atoms with E-state index < -0.39 is 0 Å². The lowest BCUT2D eigenvalue weighted by Crippen LogP contribution is -2.26. The zero-order chi connectivity index (χ0) is 17.6. The van der Waals surface area contributed by atoms with Crippen LogP contribution in [0, 0.1) is 12.7 Å². The van der Waals surface area contributed by atoms with Crippen LogP contribution in [0.15, 0.2) is 73.1 Å². The number of hydrogen-bond donors (Lipinski definition) is 1. The normalized spacial score (nSPS) is 11.9. The van der Waals surface area contributed by atoms with E-state index in [0.717, 1.165) is 11.1 Å². The number of hydrogen-bond acceptors (Lipinski definition) is 1. The van der Waals surface area contributed by atoms with Crippen LogP contribution in [-0.2, 0) is 11.3 Å². The fourth-order valence-electron chi connectivity index (χ4n) is 2.88. The van der Waals surface area contributed by atoms with Crippen molar-refractivity contribution in [3.63, 3.8) is 0 Å². The maximum atomic E-state index is 12.9. The van der Waals surface area contributed by atoms with Gasteiger partial charge in [-0.05, 0) is 42.3 Å². The summed E-state index contributed by atoms with van der Waals surface area (Å²) in [6, 6.07) is 18.2. The molecular weight excluding hydrogens is 315 g/mol. The third-order valence-electron chi connectivity index (χ3n) is 4.20. The molecule has 0 fully saturated rings. The van der Waals surface area contributed by atoms with Gasteiger partial charge < -0.3 is 9.88 Å².